The Morgan fingerprint density at radius 2 is 2.10 bits per heavy atom. The number of rotatable bonds is 3. The molecule has 1 heterocycles. The summed E-state index contributed by atoms with van der Waals surface area (Å²) in [6.45, 7) is 2.55. The average Bonchev–Trinajstić information content (AvgIpc) is 2.84. The minimum atomic E-state index is -0.262. The highest BCUT2D eigenvalue weighted by molar-refractivity contribution is 9.10. The highest BCUT2D eigenvalue weighted by Gasteiger charge is 2.07. The Hall–Kier alpha value is -1.46. The summed E-state index contributed by atoms with van der Waals surface area (Å²) < 4.78 is 15.2. The molecule has 0 amide bonds. The van der Waals surface area contributed by atoms with E-state index < -0.39 is 0 Å². The first-order chi connectivity index (χ1) is 9.63. The summed E-state index contributed by atoms with van der Waals surface area (Å²) >= 11 is 4.84. The molecule has 20 heavy (non-hydrogen) atoms. The van der Waals surface area contributed by atoms with Gasteiger partial charge in [0.15, 0.2) is 0 Å². The van der Waals surface area contributed by atoms with Crippen molar-refractivity contribution in [1.82, 2.24) is 4.98 Å². The average molecular weight is 351 g/mol. The normalized spacial score (nSPS) is 10.9. The molecule has 0 aliphatic rings. The largest absolute Gasteiger partial charge is 0.378 e. The first-order valence-corrected chi connectivity index (χ1v) is 7.78. The highest BCUT2D eigenvalue weighted by Crippen LogP contribution is 2.26. The number of fused-ring (bicyclic) bond motifs is 1. The van der Waals surface area contributed by atoms with Crippen molar-refractivity contribution in [2.45, 2.75) is 13.5 Å². The van der Waals surface area contributed by atoms with E-state index in [9.17, 15) is 4.39 Å². The molecular weight excluding hydrogens is 339 g/mol. The van der Waals surface area contributed by atoms with E-state index in [0.717, 1.165) is 21.8 Å². The number of nitrogens with one attached hydrogen (secondary N) is 1. The maximum absolute atomic E-state index is 13.6. The van der Waals surface area contributed by atoms with Gasteiger partial charge in [0.2, 0.25) is 0 Å². The van der Waals surface area contributed by atoms with Crippen molar-refractivity contribution < 1.29 is 4.39 Å². The molecule has 3 aromatic rings. The van der Waals surface area contributed by atoms with Gasteiger partial charge in [0.25, 0.3) is 0 Å². The van der Waals surface area contributed by atoms with Crippen molar-refractivity contribution in [1.29, 1.82) is 0 Å². The topological polar surface area (TPSA) is 24.9 Å². The Morgan fingerprint density at radius 1 is 1.30 bits per heavy atom. The molecule has 0 unspecified atom stereocenters. The van der Waals surface area contributed by atoms with Crippen LogP contribution in [0.25, 0.3) is 10.2 Å². The molecule has 2 aromatic carbocycles. The predicted octanol–water partition coefficient (Wildman–Crippen LogP) is 5.12. The Labute approximate surface area is 128 Å². The molecule has 0 fully saturated rings. The third kappa shape index (κ3) is 2.69. The Bertz CT molecular complexity index is 737. The van der Waals surface area contributed by atoms with Crippen LogP contribution in [0.2, 0.25) is 0 Å². The second-order valence-electron chi connectivity index (χ2n) is 4.51. The fourth-order valence-corrected chi connectivity index (χ4v) is 3.37. The smallest absolute Gasteiger partial charge is 0.139 e. The monoisotopic (exact) mass is 350 g/mol. The van der Waals surface area contributed by atoms with Crippen molar-refractivity contribution in [3.63, 3.8) is 0 Å². The quantitative estimate of drug-likeness (QED) is 0.709. The molecule has 2 nitrogen and oxygen atoms in total. The number of hydrogen-bond acceptors (Lipinski definition) is 3. The van der Waals surface area contributed by atoms with E-state index in [4.69, 9.17) is 0 Å². The first-order valence-electron chi connectivity index (χ1n) is 6.17. The number of aryl methyl sites for hydroxylation is 1. The third-order valence-corrected chi connectivity index (χ3v) is 4.68. The first kappa shape index (κ1) is 13.5. The Morgan fingerprint density at radius 3 is 2.90 bits per heavy atom. The molecule has 3 rings (SSSR count). The molecule has 5 heteroatoms. The minimum Gasteiger partial charge on any atom is -0.378 e. The van der Waals surface area contributed by atoms with Gasteiger partial charge in [0, 0.05) is 5.69 Å². The summed E-state index contributed by atoms with van der Waals surface area (Å²) in [6, 6.07) is 11.3. The van der Waals surface area contributed by atoms with Gasteiger partial charge in [-0.1, -0.05) is 12.1 Å². The van der Waals surface area contributed by atoms with Crippen LogP contribution in [0.4, 0.5) is 10.1 Å². The van der Waals surface area contributed by atoms with Gasteiger partial charge in [-0.25, -0.2) is 9.37 Å². The molecule has 102 valence electrons. The predicted molar refractivity (Wildman–Crippen MR) is 85.8 cm³/mol. The van der Waals surface area contributed by atoms with Crippen LogP contribution >= 0.6 is 27.3 Å². The van der Waals surface area contributed by atoms with Crippen molar-refractivity contribution in [2.75, 3.05) is 5.32 Å². The molecule has 0 atom stereocenters. The van der Waals surface area contributed by atoms with Crippen LogP contribution in [0.3, 0.4) is 0 Å². The van der Waals surface area contributed by atoms with Gasteiger partial charge < -0.3 is 5.32 Å². The highest BCUT2D eigenvalue weighted by atomic mass is 79.9. The Kier molecular flexibility index (Phi) is 3.72. The van der Waals surface area contributed by atoms with Crippen LogP contribution in [0.1, 0.15) is 10.6 Å². The molecular formula is C15H12BrFN2S. The van der Waals surface area contributed by atoms with Crippen LogP contribution in [-0.2, 0) is 6.54 Å². The lowest BCUT2D eigenvalue weighted by Gasteiger charge is -2.09. The zero-order valence-corrected chi connectivity index (χ0v) is 13.2. The molecule has 0 radical (unpaired) electrons. The number of hydrogen-bond donors (Lipinski definition) is 1. The fourth-order valence-electron chi connectivity index (χ4n) is 2.00. The maximum Gasteiger partial charge on any atom is 0.139 e. The fraction of sp³-hybridized carbons (Fsp3) is 0.133. The van der Waals surface area contributed by atoms with Gasteiger partial charge in [-0.3, -0.25) is 0 Å². The number of thiazole rings is 1. The van der Waals surface area contributed by atoms with Crippen molar-refractivity contribution in [3.8, 4) is 0 Å². The van der Waals surface area contributed by atoms with E-state index in [0.29, 0.717) is 11.0 Å². The minimum absolute atomic E-state index is 0.262. The second-order valence-corrected chi connectivity index (χ2v) is 6.48. The SMILES string of the molecule is Cc1cc(Br)c(F)cc1NCc1nc2ccccc2s1. The van der Waals surface area contributed by atoms with Crippen molar-refractivity contribution >= 4 is 43.2 Å². The van der Waals surface area contributed by atoms with E-state index in [1.165, 1.54) is 10.8 Å². The van der Waals surface area contributed by atoms with Crippen LogP contribution in [-0.4, -0.2) is 4.98 Å². The maximum atomic E-state index is 13.6. The van der Waals surface area contributed by atoms with Gasteiger partial charge >= 0.3 is 0 Å². The number of nitrogens with zero attached hydrogens (tertiary/aromatic N) is 1. The number of benzene rings is 2. The summed E-state index contributed by atoms with van der Waals surface area (Å²) in [6.07, 6.45) is 0. The molecule has 0 bridgehead atoms. The van der Waals surface area contributed by atoms with Gasteiger partial charge in [-0.2, -0.15) is 0 Å². The van der Waals surface area contributed by atoms with Crippen LogP contribution in [0.15, 0.2) is 40.9 Å². The van der Waals surface area contributed by atoms with Gasteiger partial charge in [0.05, 0.1) is 21.2 Å². The van der Waals surface area contributed by atoms with Crippen LogP contribution in [0, 0.1) is 12.7 Å². The number of para-hydroxylation sites is 1. The van der Waals surface area contributed by atoms with Gasteiger partial charge in [-0.05, 0) is 52.7 Å². The zero-order chi connectivity index (χ0) is 14.1. The summed E-state index contributed by atoms with van der Waals surface area (Å²) in [4.78, 5) is 4.55. The number of halogens is 2. The second kappa shape index (κ2) is 5.50. The molecule has 1 aromatic heterocycles. The van der Waals surface area contributed by atoms with Crippen molar-refractivity contribution in [2.24, 2.45) is 0 Å². The molecule has 0 saturated carbocycles. The van der Waals surface area contributed by atoms with E-state index in [2.05, 4.69) is 32.3 Å². The number of aromatic nitrogens is 1. The van der Waals surface area contributed by atoms with Gasteiger partial charge in [-0.15, -0.1) is 11.3 Å². The lowest BCUT2D eigenvalue weighted by atomic mass is 10.2. The van der Waals surface area contributed by atoms with Crippen LogP contribution < -0.4 is 5.32 Å². The zero-order valence-electron chi connectivity index (χ0n) is 10.8. The van der Waals surface area contributed by atoms with Crippen molar-refractivity contribution in [3.05, 3.63) is 57.3 Å². The van der Waals surface area contributed by atoms with E-state index in [1.807, 2.05) is 25.1 Å². The summed E-state index contributed by atoms with van der Waals surface area (Å²) in [5, 5.41) is 4.24. The standard InChI is InChI=1S/C15H12BrFN2S/c1-9-6-10(16)11(17)7-13(9)18-8-15-19-12-4-2-3-5-14(12)20-15/h2-7,18H,8H2,1H3. The van der Waals surface area contributed by atoms with E-state index in [-0.39, 0.29) is 5.82 Å². The molecule has 1 N–H and O–H groups in total. The lowest BCUT2D eigenvalue weighted by Crippen LogP contribution is -2.01. The molecule has 0 aliphatic carbocycles. The third-order valence-electron chi connectivity index (χ3n) is 3.04. The lowest BCUT2D eigenvalue weighted by molar-refractivity contribution is 0.621. The molecule has 0 saturated heterocycles. The van der Waals surface area contributed by atoms with Gasteiger partial charge in [0.1, 0.15) is 10.8 Å². The summed E-state index contributed by atoms with van der Waals surface area (Å²) in [5.74, 6) is -0.262. The molecule has 0 spiro atoms. The number of anilines is 1. The molecule has 0 aliphatic heterocycles. The summed E-state index contributed by atoms with van der Waals surface area (Å²) in [5.41, 5.74) is 2.80. The van der Waals surface area contributed by atoms with Crippen LogP contribution in [0.5, 0.6) is 0 Å². The van der Waals surface area contributed by atoms with E-state index >= 15 is 0 Å². The Balaban J connectivity index is 1.81. The van der Waals surface area contributed by atoms with E-state index in [1.54, 1.807) is 17.4 Å². The summed E-state index contributed by atoms with van der Waals surface area (Å²) in [7, 11) is 0.